The molecule has 0 aliphatic heterocycles. The van der Waals surface area contributed by atoms with Crippen LogP contribution in [0.15, 0.2) is 45.7 Å². The molecule has 0 unspecified atom stereocenters. The van der Waals surface area contributed by atoms with Crippen molar-refractivity contribution in [1.82, 2.24) is 19.7 Å². The van der Waals surface area contributed by atoms with Gasteiger partial charge in [0, 0.05) is 30.3 Å². The highest BCUT2D eigenvalue weighted by Gasteiger charge is 2.16. The van der Waals surface area contributed by atoms with E-state index in [4.69, 9.17) is 4.52 Å². The van der Waals surface area contributed by atoms with Crippen molar-refractivity contribution in [3.8, 4) is 22.8 Å². The Bertz CT molecular complexity index is 1340. The van der Waals surface area contributed by atoms with Crippen molar-refractivity contribution in [3.63, 3.8) is 0 Å². The number of hydrogen-bond donors (Lipinski definition) is 1. The minimum absolute atomic E-state index is 0.0888. The first-order valence-corrected chi connectivity index (χ1v) is 9.62. The minimum Gasteiger partial charge on any atom is -0.334 e. The second-order valence-corrected chi connectivity index (χ2v) is 7.03. The summed E-state index contributed by atoms with van der Waals surface area (Å²) in [5.74, 6) is 0.633. The highest BCUT2D eigenvalue weighted by atomic mass is 16.5. The molecule has 2 heterocycles. The van der Waals surface area contributed by atoms with Gasteiger partial charge in [0.25, 0.3) is 11.4 Å². The van der Waals surface area contributed by atoms with E-state index in [2.05, 4.69) is 20.4 Å². The van der Waals surface area contributed by atoms with Gasteiger partial charge in [0.2, 0.25) is 11.7 Å². The second kappa shape index (κ2) is 7.55. The van der Waals surface area contributed by atoms with Gasteiger partial charge in [-0.05, 0) is 56.7 Å². The van der Waals surface area contributed by atoms with Crippen LogP contribution in [-0.4, -0.2) is 25.6 Å². The number of nitrogens with zero attached hydrogens (tertiary/aromatic N) is 4. The number of aromatic nitrogens is 4. The van der Waals surface area contributed by atoms with Gasteiger partial charge in [-0.15, -0.1) is 0 Å². The number of rotatable bonds is 4. The maximum Gasteiger partial charge on any atom is 0.272 e. The lowest BCUT2D eigenvalue weighted by Gasteiger charge is -2.09. The van der Waals surface area contributed by atoms with Crippen molar-refractivity contribution in [1.29, 1.82) is 0 Å². The number of fused-ring (bicyclic) bond motifs is 1. The van der Waals surface area contributed by atoms with Crippen molar-refractivity contribution >= 4 is 22.6 Å². The third-order valence-corrected chi connectivity index (χ3v) is 4.98. The molecule has 0 bridgehead atoms. The third-order valence-electron chi connectivity index (χ3n) is 4.98. The molecule has 4 rings (SSSR count). The van der Waals surface area contributed by atoms with E-state index in [1.165, 1.54) is 6.92 Å². The minimum atomic E-state index is -0.147. The van der Waals surface area contributed by atoms with Crippen molar-refractivity contribution in [2.75, 3.05) is 5.32 Å². The summed E-state index contributed by atoms with van der Waals surface area (Å²) in [5.41, 5.74) is 4.83. The van der Waals surface area contributed by atoms with E-state index >= 15 is 0 Å². The molecule has 0 spiro atoms. The van der Waals surface area contributed by atoms with Crippen molar-refractivity contribution in [2.45, 2.75) is 34.2 Å². The van der Waals surface area contributed by atoms with E-state index in [0.29, 0.717) is 35.2 Å². The summed E-state index contributed by atoms with van der Waals surface area (Å²) in [7, 11) is 0. The molecule has 2 aromatic carbocycles. The Labute approximate surface area is 172 Å². The maximum atomic E-state index is 12.3. The quantitative estimate of drug-likeness (QED) is 0.557. The van der Waals surface area contributed by atoms with Crippen LogP contribution in [0.5, 0.6) is 0 Å². The molecular weight excluding hydrogens is 382 g/mol. The van der Waals surface area contributed by atoms with Gasteiger partial charge in [0.05, 0.1) is 11.0 Å². The van der Waals surface area contributed by atoms with Gasteiger partial charge in [-0.25, -0.2) is 4.98 Å². The molecule has 0 fully saturated rings. The van der Waals surface area contributed by atoms with Gasteiger partial charge < -0.3 is 14.4 Å². The van der Waals surface area contributed by atoms with E-state index in [-0.39, 0.29) is 11.5 Å². The SMILES string of the molecule is CCn1c(=O)c(C)nc2cc(-c3noc(-c4cccc(NC(C)=O)c4C)n3)ccc21. The Morgan fingerprint density at radius 1 is 1.17 bits per heavy atom. The summed E-state index contributed by atoms with van der Waals surface area (Å²) < 4.78 is 7.19. The number of anilines is 1. The zero-order valence-corrected chi connectivity index (χ0v) is 17.2. The fraction of sp³-hybridized carbons (Fsp3) is 0.227. The van der Waals surface area contributed by atoms with E-state index in [9.17, 15) is 9.59 Å². The Hall–Kier alpha value is -3.81. The molecule has 8 heteroatoms. The molecular formula is C22H21N5O3. The number of carbonyl (C=O) groups is 1. The lowest BCUT2D eigenvalue weighted by atomic mass is 10.1. The lowest BCUT2D eigenvalue weighted by molar-refractivity contribution is -0.114. The Morgan fingerprint density at radius 2 is 1.97 bits per heavy atom. The van der Waals surface area contributed by atoms with Crippen molar-refractivity contribution in [3.05, 3.63) is 58.0 Å². The second-order valence-electron chi connectivity index (χ2n) is 7.03. The Morgan fingerprint density at radius 3 is 2.70 bits per heavy atom. The van der Waals surface area contributed by atoms with Crippen LogP contribution in [0.25, 0.3) is 33.9 Å². The van der Waals surface area contributed by atoms with Gasteiger partial charge in [-0.3, -0.25) is 9.59 Å². The van der Waals surface area contributed by atoms with Gasteiger partial charge in [-0.2, -0.15) is 4.98 Å². The number of hydrogen-bond acceptors (Lipinski definition) is 6. The van der Waals surface area contributed by atoms with Crippen LogP contribution in [0.1, 0.15) is 25.1 Å². The van der Waals surface area contributed by atoms with E-state index in [0.717, 1.165) is 22.2 Å². The first-order valence-electron chi connectivity index (χ1n) is 9.62. The van der Waals surface area contributed by atoms with E-state index in [1.807, 2.05) is 50.2 Å². The number of amides is 1. The lowest BCUT2D eigenvalue weighted by Crippen LogP contribution is -2.23. The zero-order valence-electron chi connectivity index (χ0n) is 17.2. The molecule has 0 atom stereocenters. The molecule has 152 valence electrons. The Balaban J connectivity index is 1.76. The summed E-state index contributed by atoms with van der Waals surface area (Å²) in [6, 6.07) is 11.1. The van der Waals surface area contributed by atoms with Crippen LogP contribution in [0.3, 0.4) is 0 Å². The smallest absolute Gasteiger partial charge is 0.272 e. The fourth-order valence-electron chi connectivity index (χ4n) is 3.47. The van der Waals surface area contributed by atoms with Gasteiger partial charge in [-0.1, -0.05) is 11.2 Å². The molecule has 0 radical (unpaired) electrons. The van der Waals surface area contributed by atoms with Gasteiger partial charge in [0.15, 0.2) is 0 Å². The summed E-state index contributed by atoms with van der Waals surface area (Å²) >= 11 is 0. The summed E-state index contributed by atoms with van der Waals surface area (Å²) in [4.78, 5) is 32.7. The molecule has 1 amide bonds. The average Bonchev–Trinajstić information content (AvgIpc) is 3.20. The van der Waals surface area contributed by atoms with Gasteiger partial charge >= 0.3 is 0 Å². The van der Waals surface area contributed by atoms with E-state index < -0.39 is 0 Å². The average molecular weight is 403 g/mol. The third kappa shape index (κ3) is 3.36. The normalized spacial score (nSPS) is 11.1. The van der Waals surface area contributed by atoms with E-state index in [1.54, 1.807) is 11.5 Å². The molecule has 0 saturated heterocycles. The van der Waals surface area contributed by atoms with Crippen LogP contribution in [0, 0.1) is 13.8 Å². The summed E-state index contributed by atoms with van der Waals surface area (Å²) in [6.45, 7) is 7.55. The predicted octanol–water partition coefficient (Wildman–Crippen LogP) is 3.71. The van der Waals surface area contributed by atoms with Gasteiger partial charge in [0.1, 0.15) is 5.69 Å². The fourth-order valence-corrected chi connectivity index (χ4v) is 3.47. The number of benzene rings is 2. The van der Waals surface area contributed by atoms with Crippen LogP contribution in [-0.2, 0) is 11.3 Å². The Kier molecular flexibility index (Phi) is 4.91. The number of carbonyl (C=O) groups excluding carboxylic acids is 1. The molecule has 30 heavy (non-hydrogen) atoms. The monoisotopic (exact) mass is 403 g/mol. The van der Waals surface area contributed by atoms with Crippen molar-refractivity contribution < 1.29 is 9.32 Å². The molecule has 1 N–H and O–H groups in total. The molecule has 4 aromatic rings. The number of nitrogens with one attached hydrogen (secondary N) is 1. The summed E-state index contributed by atoms with van der Waals surface area (Å²) in [6.07, 6.45) is 0. The highest BCUT2D eigenvalue weighted by Crippen LogP contribution is 2.29. The van der Waals surface area contributed by atoms with Crippen LogP contribution in [0.4, 0.5) is 5.69 Å². The first kappa shape index (κ1) is 19.5. The van der Waals surface area contributed by atoms with Crippen LogP contribution in [0.2, 0.25) is 0 Å². The predicted molar refractivity (Wildman–Crippen MR) is 114 cm³/mol. The largest absolute Gasteiger partial charge is 0.334 e. The zero-order chi connectivity index (χ0) is 21.4. The van der Waals surface area contributed by atoms with Crippen LogP contribution < -0.4 is 10.9 Å². The van der Waals surface area contributed by atoms with Crippen LogP contribution >= 0.6 is 0 Å². The number of aryl methyl sites for hydroxylation is 2. The standard InChI is InChI=1S/C22H21N5O3/c1-5-27-19-10-9-15(11-18(19)23-13(3)22(27)29)20-25-21(30-26-20)16-7-6-8-17(12(16)2)24-14(4)28/h6-11H,5H2,1-4H3,(H,24,28). The molecule has 2 aromatic heterocycles. The molecule has 0 aliphatic rings. The maximum absolute atomic E-state index is 12.3. The molecule has 8 nitrogen and oxygen atoms in total. The molecule has 0 aliphatic carbocycles. The van der Waals surface area contributed by atoms with Crippen molar-refractivity contribution in [2.24, 2.45) is 0 Å². The molecule has 0 saturated carbocycles. The summed E-state index contributed by atoms with van der Waals surface area (Å²) in [5, 5.41) is 6.91. The first-order chi connectivity index (χ1) is 14.4. The highest BCUT2D eigenvalue weighted by molar-refractivity contribution is 5.90. The topological polar surface area (TPSA) is 103 Å².